The SMILES string of the molecule is Cc1c(O)cccc1-c1ccc2c(c1)c(-c1nc3c(CO)cccc3[nH]1)nn2C. The van der Waals surface area contributed by atoms with Gasteiger partial charge in [-0.1, -0.05) is 30.3 Å². The Bertz CT molecular complexity index is 1380. The number of hydrogen-bond donors (Lipinski definition) is 3. The third-order valence-corrected chi connectivity index (χ3v) is 5.46. The molecule has 0 amide bonds. The minimum atomic E-state index is -0.0640. The molecule has 0 spiro atoms. The van der Waals surface area contributed by atoms with Crippen LogP contribution in [0.5, 0.6) is 5.75 Å². The molecule has 0 radical (unpaired) electrons. The van der Waals surface area contributed by atoms with Crippen molar-refractivity contribution in [3.05, 3.63) is 65.7 Å². The molecule has 144 valence electrons. The fraction of sp³-hybridized carbons (Fsp3) is 0.130. The Morgan fingerprint density at radius 2 is 1.90 bits per heavy atom. The highest BCUT2D eigenvalue weighted by atomic mass is 16.3. The quantitative estimate of drug-likeness (QED) is 0.433. The van der Waals surface area contributed by atoms with Crippen molar-refractivity contribution < 1.29 is 10.2 Å². The summed E-state index contributed by atoms with van der Waals surface area (Å²) >= 11 is 0. The molecule has 29 heavy (non-hydrogen) atoms. The number of nitrogens with zero attached hydrogens (tertiary/aromatic N) is 3. The maximum Gasteiger partial charge on any atom is 0.159 e. The molecule has 0 aliphatic heterocycles. The Labute approximate surface area is 167 Å². The number of H-pyrrole nitrogens is 1. The Morgan fingerprint density at radius 1 is 1.07 bits per heavy atom. The average Bonchev–Trinajstić information content (AvgIpc) is 3.30. The smallest absolute Gasteiger partial charge is 0.159 e. The van der Waals surface area contributed by atoms with Gasteiger partial charge in [-0.15, -0.1) is 0 Å². The summed E-state index contributed by atoms with van der Waals surface area (Å²) in [5, 5.41) is 25.4. The third kappa shape index (κ3) is 2.68. The molecule has 3 aromatic carbocycles. The van der Waals surface area contributed by atoms with E-state index in [-0.39, 0.29) is 12.4 Å². The Morgan fingerprint density at radius 3 is 2.72 bits per heavy atom. The monoisotopic (exact) mass is 384 g/mol. The molecule has 0 aliphatic rings. The van der Waals surface area contributed by atoms with Crippen LogP contribution in [0, 0.1) is 6.92 Å². The van der Waals surface area contributed by atoms with Gasteiger partial charge >= 0.3 is 0 Å². The van der Waals surface area contributed by atoms with Crippen LogP contribution in [0.25, 0.3) is 44.6 Å². The van der Waals surface area contributed by atoms with Crippen molar-refractivity contribution in [3.8, 4) is 28.4 Å². The van der Waals surface area contributed by atoms with Gasteiger partial charge in [0.25, 0.3) is 0 Å². The number of aryl methyl sites for hydroxylation is 1. The molecule has 0 saturated heterocycles. The van der Waals surface area contributed by atoms with Crippen molar-refractivity contribution in [1.29, 1.82) is 0 Å². The zero-order chi connectivity index (χ0) is 20.1. The predicted molar refractivity (Wildman–Crippen MR) is 114 cm³/mol. The van der Waals surface area contributed by atoms with Gasteiger partial charge in [-0.05, 0) is 47.9 Å². The molecule has 0 bridgehead atoms. The molecule has 0 saturated carbocycles. The molecule has 0 aliphatic carbocycles. The van der Waals surface area contributed by atoms with E-state index in [0.29, 0.717) is 5.82 Å². The number of fused-ring (bicyclic) bond motifs is 2. The predicted octanol–water partition coefficient (Wildman–Crippen LogP) is 4.29. The molecule has 2 heterocycles. The van der Waals surface area contributed by atoms with Crippen LogP contribution in [-0.2, 0) is 13.7 Å². The van der Waals surface area contributed by atoms with Gasteiger partial charge in [0.1, 0.15) is 11.4 Å². The van der Waals surface area contributed by atoms with Crippen LogP contribution in [-0.4, -0.2) is 30.0 Å². The summed E-state index contributed by atoms with van der Waals surface area (Å²) in [6.45, 7) is 1.85. The van der Waals surface area contributed by atoms with Crippen LogP contribution in [0.15, 0.2) is 54.6 Å². The van der Waals surface area contributed by atoms with Gasteiger partial charge < -0.3 is 15.2 Å². The van der Waals surface area contributed by atoms with Crippen LogP contribution in [0.3, 0.4) is 0 Å². The summed E-state index contributed by atoms with van der Waals surface area (Å²) in [6, 6.07) is 17.4. The standard InChI is InChI=1S/C23H20N4O2/c1-13-16(6-4-8-20(13)29)14-9-10-19-17(11-14)22(26-27(19)2)23-24-18-7-3-5-15(12-28)21(18)25-23/h3-11,28-29H,12H2,1-2H3,(H,24,25). The van der Waals surface area contributed by atoms with Crippen LogP contribution in [0.4, 0.5) is 0 Å². The Balaban J connectivity index is 1.74. The van der Waals surface area contributed by atoms with Crippen molar-refractivity contribution in [3.63, 3.8) is 0 Å². The lowest BCUT2D eigenvalue weighted by molar-refractivity contribution is 0.283. The maximum absolute atomic E-state index is 10.1. The molecule has 0 unspecified atom stereocenters. The third-order valence-electron chi connectivity index (χ3n) is 5.46. The van der Waals surface area contributed by atoms with E-state index in [1.54, 1.807) is 6.07 Å². The minimum absolute atomic E-state index is 0.0640. The number of aromatic nitrogens is 4. The fourth-order valence-corrected chi connectivity index (χ4v) is 3.88. The van der Waals surface area contributed by atoms with Crippen molar-refractivity contribution in [2.24, 2.45) is 7.05 Å². The number of aromatic amines is 1. The lowest BCUT2D eigenvalue weighted by Crippen LogP contribution is -1.90. The molecule has 2 aromatic heterocycles. The number of phenols is 1. The van der Waals surface area contributed by atoms with E-state index >= 15 is 0 Å². The summed E-state index contributed by atoms with van der Waals surface area (Å²) in [5.74, 6) is 0.944. The van der Waals surface area contributed by atoms with Gasteiger partial charge in [0.15, 0.2) is 5.82 Å². The molecule has 0 fully saturated rings. The summed E-state index contributed by atoms with van der Waals surface area (Å²) < 4.78 is 1.84. The number of aromatic hydroxyl groups is 1. The van der Waals surface area contributed by atoms with Crippen LogP contribution in [0.1, 0.15) is 11.1 Å². The zero-order valence-electron chi connectivity index (χ0n) is 16.1. The van der Waals surface area contributed by atoms with Gasteiger partial charge in [-0.25, -0.2) is 4.98 Å². The molecule has 5 aromatic rings. The second kappa shape index (κ2) is 6.46. The first-order valence-corrected chi connectivity index (χ1v) is 9.41. The van der Waals surface area contributed by atoms with E-state index in [1.807, 2.05) is 61.1 Å². The summed E-state index contributed by atoms with van der Waals surface area (Å²) in [6.07, 6.45) is 0. The van der Waals surface area contributed by atoms with Crippen molar-refractivity contribution in [2.75, 3.05) is 0 Å². The number of phenolic OH excluding ortho intramolecular Hbond substituents is 1. The van der Waals surface area contributed by atoms with E-state index in [2.05, 4.69) is 11.1 Å². The zero-order valence-corrected chi connectivity index (χ0v) is 16.1. The highest BCUT2D eigenvalue weighted by Crippen LogP contribution is 2.34. The lowest BCUT2D eigenvalue weighted by Gasteiger charge is -2.08. The van der Waals surface area contributed by atoms with Crippen LogP contribution < -0.4 is 0 Å². The van der Waals surface area contributed by atoms with Crippen LogP contribution in [0.2, 0.25) is 0 Å². The number of rotatable bonds is 3. The molecule has 6 heteroatoms. The molecular formula is C23H20N4O2. The maximum atomic E-state index is 10.1. The Kier molecular flexibility index (Phi) is 3.89. The van der Waals surface area contributed by atoms with Gasteiger partial charge in [0.05, 0.1) is 23.2 Å². The van der Waals surface area contributed by atoms with E-state index in [9.17, 15) is 10.2 Å². The fourth-order valence-electron chi connectivity index (χ4n) is 3.88. The molecule has 0 atom stereocenters. The second-order valence-corrected chi connectivity index (χ2v) is 7.21. The number of para-hydroxylation sites is 1. The lowest BCUT2D eigenvalue weighted by atomic mass is 9.98. The highest BCUT2D eigenvalue weighted by Gasteiger charge is 2.17. The van der Waals surface area contributed by atoms with Crippen molar-refractivity contribution >= 4 is 21.9 Å². The summed E-state index contributed by atoms with van der Waals surface area (Å²) in [4.78, 5) is 8.05. The molecule has 6 nitrogen and oxygen atoms in total. The van der Waals surface area contributed by atoms with Crippen molar-refractivity contribution in [2.45, 2.75) is 13.5 Å². The largest absolute Gasteiger partial charge is 0.508 e. The number of imidazole rings is 1. The topological polar surface area (TPSA) is 87.0 Å². The van der Waals surface area contributed by atoms with Gasteiger partial charge in [-0.2, -0.15) is 5.10 Å². The first kappa shape index (κ1) is 17.5. The number of aliphatic hydroxyl groups excluding tert-OH is 1. The van der Waals surface area contributed by atoms with E-state index < -0.39 is 0 Å². The van der Waals surface area contributed by atoms with Crippen LogP contribution >= 0.6 is 0 Å². The first-order valence-electron chi connectivity index (χ1n) is 9.41. The minimum Gasteiger partial charge on any atom is -0.508 e. The average molecular weight is 384 g/mol. The van der Waals surface area contributed by atoms with E-state index in [0.717, 1.165) is 49.9 Å². The first-order chi connectivity index (χ1) is 14.1. The van der Waals surface area contributed by atoms with E-state index in [4.69, 9.17) is 10.1 Å². The molecule has 3 N–H and O–H groups in total. The molecule has 5 rings (SSSR count). The normalized spacial score (nSPS) is 11.6. The van der Waals surface area contributed by atoms with Gasteiger partial charge in [0.2, 0.25) is 0 Å². The number of benzene rings is 3. The van der Waals surface area contributed by atoms with E-state index in [1.165, 1.54) is 0 Å². The number of hydrogen-bond acceptors (Lipinski definition) is 4. The number of aliphatic hydroxyl groups is 1. The van der Waals surface area contributed by atoms with Gasteiger partial charge in [0, 0.05) is 18.0 Å². The second-order valence-electron chi connectivity index (χ2n) is 7.21. The number of nitrogens with one attached hydrogen (secondary N) is 1. The summed E-state index contributed by atoms with van der Waals surface area (Å²) in [7, 11) is 1.91. The Hall–Kier alpha value is -3.64. The summed E-state index contributed by atoms with van der Waals surface area (Å²) in [5.41, 5.74) is 6.97. The highest BCUT2D eigenvalue weighted by molar-refractivity contribution is 5.96. The van der Waals surface area contributed by atoms with Crippen molar-refractivity contribution in [1.82, 2.24) is 19.7 Å². The molecular weight excluding hydrogens is 364 g/mol. The van der Waals surface area contributed by atoms with Gasteiger partial charge in [-0.3, -0.25) is 4.68 Å².